The smallest absolute Gasteiger partial charge is 0.269 e. The first-order chi connectivity index (χ1) is 16.8. The first-order valence-electron chi connectivity index (χ1n) is 11.6. The van der Waals surface area contributed by atoms with Crippen LogP contribution in [0.15, 0.2) is 84.1 Å². The summed E-state index contributed by atoms with van der Waals surface area (Å²) >= 11 is 0. The highest BCUT2D eigenvalue weighted by molar-refractivity contribution is 6.06. The van der Waals surface area contributed by atoms with Crippen LogP contribution < -0.4 is 10.2 Å². The van der Waals surface area contributed by atoms with Gasteiger partial charge in [-0.3, -0.25) is 24.6 Å². The molecule has 176 valence electrons. The van der Waals surface area contributed by atoms with E-state index in [0.29, 0.717) is 17.7 Å². The molecular weight excluding hydrogens is 442 g/mol. The summed E-state index contributed by atoms with van der Waals surface area (Å²) in [6.45, 7) is 3.51. The van der Waals surface area contributed by atoms with E-state index in [0.717, 1.165) is 28.1 Å². The highest BCUT2D eigenvalue weighted by Crippen LogP contribution is 2.47. The average Bonchev–Trinajstić information content (AvgIpc) is 2.99. The molecule has 7 heteroatoms. The van der Waals surface area contributed by atoms with Crippen molar-refractivity contribution in [1.29, 1.82) is 0 Å². The van der Waals surface area contributed by atoms with Crippen LogP contribution in [-0.4, -0.2) is 16.6 Å². The lowest BCUT2D eigenvalue weighted by molar-refractivity contribution is -0.384. The maximum absolute atomic E-state index is 13.8. The number of non-ortho nitro benzene ring substituents is 1. The SMILES string of the molecule is CC(=O)N1c2ccccc2NC2=C(C(=O)C[C@@H](c3cccc([N+](=O)[O-])c3)C2)[C@H]1c1ccc(C)cc1. The molecule has 1 aliphatic heterocycles. The van der Waals surface area contributed by atoms with Crippen LogP contribution in [0, 0.1) is 17.0 Å². The van der Waals surface area contributed by atoms with E-state index in [-0.39, 0.29) is 29.7 Å². The van der Waals surface area contributed by atoms with E-state index in [1.807, 2.05) is 61.5 Å². The number of anilines is 2. The molecule has 1 amide bonds. The van der Waals surface area contributed by atoms with Crippen LogP contribution >= 0.6 is 0 Å². The zero-order chi connectivity index (χ0) is 24.7. The Balaban J connectivity index is 1.67. The van der Waals surface area contributed by atoms with Gasteiger partial charge >= 0.3 is 0 Å². The van der Waals surface area contributed by atoms with Gasteiger partial charge in [0.05, 0.1) is 22.3 Å². The van der Waals surface area contributed by atoms with E-state index >= 15 is 0 Å². The monoisotopic (exact) mass is 467 g/mol. The predicted octanol–water partition coefficient (Wildman–Crippen LogP) is 5.82. The van der Waals surface area contributed by atoms with Gasteiger partial charge in [0.2, 0.25) is 5.91 Å². The van der Waals surface area contributed by atoms with Crippen LogP contribution in [0.1, 0.15) is 48.4 Å². The molecule has 1 aliphatic carbocycles. The van der Waals surface area contributed by atoms with E-state index in [2.05, 4.69) is 5.32 Å². The molecule has 0 spiro atoms. The Kier molecular flexibility index (Phi) is 5.68. The van der Waals surface area contributed by atoms with E-state index in [1.54, 1.807) is 17.0 Å². The van der Waals surface area contributed by atoms with Crippen LogP contribution in [0.3, 0.4) is 0 Å². The highest BCUT2D eigenvalue weighted by atomic mass is 16.6. The molecule has 0 fully saturated rings. The number of hydrogen-bond donors (Lipinski definition) is 1. The molecule has 0 saturated heterocycles. The third-order valence-corrected chi connectivity index (χ3v) is 6.77. The third-order valence-electron chi connectivity index (χ3n) is 6.77. The van der Waals surface area contributed by atoms with Gasteiger partial charge in [-0.2, -0.15) is 0 Å². The molecular formula is C28H25N3O4. The number of fused-ring (bicyclic) bond motifs is 1. The van der Waals surface area contributed by atoms with Gasteiger partial charge in [-0.1, -0.05) is 54.1 Å². The predicted molar refractivity (Wildman–Crippen MR) is 134 cm³/mol. The van der Waals surface area contributed by atoms with Crippen molar-refractivity contribution in [2.45, 2.75) is 38.6 Å². The molecule has 35 heavy (non-hydrogen) atoms. The quantitative estimate of drug-likeness (QED) is 0.387. The van der Waals surface area contributed by atoms with Crippen LogP contribution in [0.2, 0.25) is 0 Å². The minimum absolute atomic E-state index is 0.00850. The Labute approximate surface area is 203 Å². The van der Waals surface area contributed by atoms with Gasteiger partial charge in [0, 0.05) is 36.7 Å². The Hall–Kier alpha value is -4.26. The molecule has 1 heterocycles. The molecule has 0 unspecified atom stereocenters. The van der Waals surface area contributed by atoms with Crippen LogP contribution in [0.4, 0.5) is 17.1 Å². The second kappa shape index (κ2) is 8.83. The number of carbonyl (C=O) groups excluding carboxylic acids is 2. The van der Waals surface area contributed by atoms with E-state index in [9.17, 15) is 19.7 Å². The molecule has 3 aromatic rings. The second-order valence-electron chi connectivity index (χ2n) is 9.12. The van der Waals surface area contributed by atoms with Crippen molar-refractivity contribution in [3.05, 3.63) is 111 Å². The fourth-order valence-electron chi connectivity index (χ4n) is 5.13. The van der Waals surface area contributed by atoms with Gasteiger partial charge in [-0.15, -0.1) is 0 Å². The van der Waals surface area contributed by atoms with Crippen LogP contribution in [-0.2, 0) is 9.59 Å². The lowest BCUT2D eigenvalue weighted by atomic mass is 9.78. The minimum Gasteiger partial charge on any atom is -0.357 e. The number of amides is 1. The third kappa shape index (κ3) is 4.10. The molecule has 0 aromatic heterocycles. The lowest BCUT2D eigenvalue weighted by Gasteiger charge is -2.34. The van der Waals surface area contributed by atoms with Gasteiger partial charge in [0.25, 0.3) is 5.69 Å². The molecule has 2 aliphatic rings. The standard InChI is InChI=1S/C28H25N3O4/c1-17-10-12-19(13-11-17)28-27-24(29-23-8-3-4-9-25(23)30(28)18(2)32)15-21(16-26(27)33)20-6-5-7-22(14-20)31(34)35/h3-14,21,28-29H,15-16H2,1-2H3/t21-,28+/m0/s1. The van der Waals surface area contributed by atoms with Gasteiger partial charge in [-0.25, -0.2) is 0 Å². The number of allylic oxidation sites excluding steroid dienone is 1. The summed E-state index contributed by atoms with van der Waals surface area (Å²) in [6.07, 6.45) is 0.719. The van der Waals surface area contributed by atoms with Crippen molar-refractivity contribution >= 4 is 28.8 Å². The normalized spacial score (nSPS) is 19.4. The zero-order valence-corrected chi connectivity index (χ0v) is 19.5. The van der Waals surface area contributed by atoms with Gasteiger partial charge in [-0.05, 0) is 42.5 Å². The number of nitrogens with zero attached hydrogens (tertiary/aromatic N) is 2. The van der Waals surface area contributed by atoms with Gasteiger partial charge < -0.3 is 5.32 Å². The van der Waals surface area contributed by atoms with Crippen molar-refractivity contribution < 1.29 is 14.5 Å². The molecule has 1 N–H and O–H groups in total. The summed E-state index contributed by atoms with van der Waals surface area (Å²) in [5.74, 6) is -0.435. The van der Waals surface area contributed by atoms with Crippen molar-refractivity contribution in [1.82, 2.24) is 0 Å². The Bertz CT molecular complexity index is 1380. The molecule has 0 bridgehead atoms. The Morgan fingerprint density at radius 1 is 1.00 bits per heavy atom. The number of carbonyl (C=O) groups is 2. The number of Topliss-reactive ketones (excluding diaryl/α,β-unsaturated/α-hetero) is 1. The molecule has 2 atom stereocenters. The number of nitrogens with one attached hydrogen (secondary N) is 1. The second-order valence-corrected chi connectivity index (χ2v) is 9.12. The van der Waals surface area contributed by atoms with Crippen molar-refractivity contribution in [2.75, 3.05) is 10.2 Å². The van der Waals surface area contributed by atoms with Crippen LogP contribution in [0.25, 0.3) is 0 Å². The number of nitro benzene ring substituents is 1. The number of rotatable bonds is 3. The number of para-hydroxylation sites is 2. The summed E-state index contributed by atoms with van der Waals surface area (Å²) in [6, 6.07) is 21.4. The number of benzene rings is 3. The van der Waals surface area contributed by atoms with Gasteiger partial charge in [0.15, 0.2) is 5.78 Å². The summed E-state index contributed by atoms with van der Waals surface area (Å²) in [4.78, 5) is 39.4. The number of nitro groups is 1. The minimum atomic E-state index is -0.571. The average molecular weight is 468 g/mol. The first-order valence-corrected chi connectivity index (χ1v) is 11.6. The maximum Gasteiger partial charge on any atom is 0.269 e. The number of hydrogen-bond acceptors (Lipinski definition) is 5. The Morgan fingerprint density at radius 2 is 1.74 bits per heavy atom. The van der Waals surface area contributed by atoms with Crippen molar-refractivity contribution in [3.8, 4) is 0 Å². The van der Waals surface area contributed by atoms with Gasteiger partial charge in [0.1, 0.15) is 0 Å². The summed E-state index contributed by atoms with van der Waals surface area (Å²) in [5, 5.41) is 14.8. The van der Waals surface area contributed by atoms with E-state index < -0.39 is 11.0 Å². The fourth-order valence-corrected chi connectivity index (χ4v) is 5.13. The number of aryl methyl sites for hydroxylation is 1. The summed E-state index contributed by atoms with van der Waals surface area (Å²) in [5.41, 5.74) is 5.49. The maximum atomic E-state index is 13.8. The Morgan fingerprint density at radius 3 is 2.46 bits per heavy atom. The topological polar surface area (TPSA) is 92.6 Å². The molecule has 0 radical (unpaired) electrons. The highest BCUT2D eigenvalue weighted by Gasteiger charge is 2.40. The van der Waals surface area contributed by atoms with Crippen LogP contribution in [0.5, 0.6) is 0 Å². The lowest BCUT2D eigenvalue weighted by Crippen LogP contribution is -2.37. The summed E-state index contributed by atoms with van der Waals surface area (Å²) < 4.78 is 0. The number of ketones is 1. The molecule has 0 saturated carbocycles. The van der Waals surface area contributed by atoms with E-state index in [1.165, 1.54) is 13.0 Å². The first kappa shape index (κ1) is 22.5. The largest absolute Gasteiger partial charge is 0.357 e. The zero-order valence-electron chi connectivity index (χ0n) is 19.5. The fraction of sp³-hybridized carbons (Fsp3) is 0.214. The van der Waals surface area contributed by atoms with Crippen molar-refractivity contribution in [2.24, 2.45) is 0 Å². The van der Waals surface area contributed by atoms with E-state index in [4.69, 9.17) is 0 Å². The molecule has 5 rings (SSSR count). The molecule has 3 aromatic carbocycles. The molecule has 7 nitrogen and oxygen atoms in total. The van der Waals surface area contributed by atoms with Crippen molar-refractivity contribution in [3.63, 3.8) is 0 Å². The summed E-state index contributed by atoms with van der Waals surface area (Å²) in [7, 11) is 0.